The molecule has 2 aromatic rings. The average Bonchev–Trinajstić information content (AvgIpc) is 2.79. The van der Waals surface area contributed by atoms with Gasteiger partial charge in [-0.3, -0.25) is 25.0 Å². The molecule has 0 N–H and O–H groups in total. The zero-order valence-electron chi connectivity index (χ0n) is 17.8. The van der Waals surface area contributed by atoms with E-state index in [1.165, 1.54) is 31.4 Å². The number of rotatable bonds is 8. The highest BCUT2D eigenvalue weighted by atomic mass is 16.6. The third-order valence-corrected chi connectivity index (χ3v) is 5.29. The van der Waals surface area contributed by atoms with Gasteiger partial charge in [0.1, 0.15) is 0 Å². The maximum Gasteiger partial charge on any atom is 0.281 e. The molecular formula is C21H22N4O7. The molecule has 0 radical (unpaired) electrons. The summed E-state index contributed by atoms with van der Waals surface area (Å²) in [5.41, 5.74) is 0.709. The summed E-state index contributed by atoms with van der Waals surface area (Å²) < 4.78 is 10.6. The zero-order chi connectivity index (χ0) is 23.4. The normalized spacial score (nSPS) is 15.8. The highest BCUT2D eigenvalue weighted by Gasteiger charge is 2.31. The molecule has 1 amide bonds. The van der Waals surface area contributed by atoms with Crippen molar-refractivity contribution in [1.82, 2.24) is 5.01 Å². The number of carbonyl (C=O) groups excluding carboxylic acids is 1. The molecular weight excluding hydrogens is 420 g/mol. The van der Waals surface area contributed by atoms with Gasteiger partial charge in [-0.1, -0.05) is 6.92 Å². The number of ether oxygens (including phenoxy) is 2. The van der Waals surface area contributed by atoms with Crippen LogP contribution in [0.15, 0.2) is 41.5 Å². The van der Waals surface area contributed by atoms with Crippen molar-refractivity contribution in [1.29, 1.82) is 0 Å². The number of nitro benzene ring substituents is 2. The van der Waals surface area contributed by atoms with E-state index in [0.29, 0.717) is 23.6 Å². The molecule has 3 rings (SSSR count). The number of nitrogens with zero attached hydrogens (tertiary/aromatic N) is 4. The van der Waals surface area contributed by atoms with Gasteiger partial charge in [0.25, 0.3) is 11.4 Å². The number of methoxy groups -OCH3 is 2. The van der Waals surface area contributed by atoms with Gasteiger partial charge in [-0.15, -0.1) is 0 Å². The fourth-order valence-corrected chi connectivity index (χ4v) is 3.56. The first-order valence-electron chi connectivity index (χ1n) is 9.82. The quantitative estimate of drug-likeness (QED) is 0.449. The van der Waals surface area contributed by atoms with Crippen LogP contribution in [0.5, 0.6) is 11.5 Å². The fraction of sp³-hybridized carbons (Fsp3) is 0.333. The smallest absolute Gasteiger partial charge is 0.281 e. The number of hydrogen-bond donors (Lipinski definition) is 0. The molecule has 11 nitrogen and oxygen atoms in total. The maximum absolute atomic E-state index is 12.7. The maximum atomic E-state index is 12.7. The third-order valence-electron chi connectivity index (χ3n) is 5.29. The summed E-state index contributed by atoms with van der Waals surface area (Å²) in [6.45, 7) is 1.77. The molecule has 0 aliphatic carbocycles. The lowest BCUT2D eigenvalue weighted by Crippen LogP contribution is -2.36. The van der Waals surface area contributed by atoms with Gasteiger partial charge < -0.3 is 9.47 Å². The number of non-ortho nitro benzene ring substituents is 1. The molecule has 1 atom stereocenters. The zero-order valence-corrected chi connectivity index (χ0v) is 17.8. The van der Waals surface area contributed by atoms with E-state index < -0.39 is 21.2 Å². The van der Waals surface area contributed by atoms with Crippen LogP contribution in [0.4, 0.5) is 11.4 Å². The monoisotopic (exact) mass is 442 g/mol. The van der Waals surface area contributed by atoms with Gasteiger partial charge in [0.15, 0.2) is 11.5 Å². The number of hydrogen-bond acceptors (Lipinski definition) is 8. The Morgan fingerprint density at radius 2 is 1.78 bits per heavy atom. The minimum Gasteiger partial charge on any atom is -0.493 e. The van der Waals surface area contributed by atoms with Crippen LogP contribution in [0.3, 0.4) is 0 Å². The van der Waals surface area contributed by atoms with Crippen LogP contribution < -0.4 is 9.47 Å². The Kier molecular flexibility index (Phi) is 6.67. The number of carbonyl (C=O) groups is 1. The van der Waals surface area contributed by atoms with Gasteiger partial charge >= 0.3 is 0 Å². The van der Waals surface area contributed by atoms with E-state index in [1.807, 2.05) is 13.0 Å². The van der Waals surface area contributed by atoms with E-state index >= 15 is 0 Å². The molecule has 1 aliphatic rings. The lowest BCUT2D eigenvalue weighted by molar-refractivity contribution is -0.394. The van der Waals surface area contributed by atoms with Gasteiger partial charge in [-0.2, -0.15) is 5.10 Å². The second-order valence-corrected chi connectivity index (χ2v) is 7.14. The largest absolute Gasteiger partial charge is 0.493 e. The van der Waals surface area contributed by atoms with E-state index in [-0.39, 0.29) is 30.4 Å². The van der Waals surface area contributed by atoms with Gasteiger partial charge in [-0.25, -0.2) is 5.01 Å². The summed E-state index contributed by atoms with van der Waals surface area (Å²) in [5, 5.41) is 28.1. The predicted molar refractivity (Wildman–Crippen MR) is 115 cm³/mol. The first-order chi connectivity index (χ1) is 15.3. The van der Waals surface area contributed by atoms with Crippen LogP contribution in [0, 0.1) is 26.1 Å². The molecule has 1 aliphatic heterocycles. The Labute approximate surface area is 183 Å². The molecule has 2 aromatic carbocycles. The van der Waals surface area contributed by atoms with Crippen LogP contribution in [0.25, 0.3) is 0 Å². The lowest BCUT2D eigenvalue weighted by atomic mass is 9.89. The van der Waals surface area contributed by atoms with Crippen molar-refractivity contribution in [2.24, 2.45) is 11.0 Å². The topological polar surface area (TPSA) is 137 Å². The molecule has 0 aromatic heterocycles. The highest BCUT2D eigenvalue weighted by molar-refractivity contribution is 6.06. The Hall–Kier alpha value is -4.02. The molecule has 0 saturated carbocycles. The van der Waals surface area contributed by atoms with Crippen molar-refractivity contribution in [2.45, 2.75) is 26.3 Å². The molecule has 0 bridgehead atoms. The minimum absolute atomic E-state index is 0.135. The molecule has 11 heteroatoms. The molecule has 0 spiro atoms. The van der Waals surface area contributed by atoms with E-state index in [0.717, 1.165) is 11.6 Å². The van der Waals surface area contributed by atoms with Gasteiger partial charge in [-0.05, 0) is 30.7 Å². The predicted octanol–water partition coefficient (Wildman–Crippen LogP) is 3.68. The van der Waals surface area contributed by atoms with Crippen molar-refractivity contribution in [2.75, 3.05) is 14.2 Å². The summed E-state index contributed by atoms with van der Waals surface area (Å²) in [7, 11) is 3.05. The third kappa shape index (κ3) is 4.51. The van der Waals surface area contributed by atoms with Crippen LogP contribution in [0.1, 0.15) is 30.9 Å². The first-order valence-corrected chi connectivity index (χ1v) is 9.82. The van der Waals surface area contributed by atoms with Crippen LogP contribution in [-0.2, 0) is 11.3 Å². The van der Waals surface area contributed by atoms with E-state index in [9.17, 15) is 25.0 Å². The van der Waals surface area contributed by atoms with E-state index in [2.05, 4.69) is 5.10 Å². The first kappa shape index (κ1) is 22.7. The van der Waals surface area contributed by atoms with E-state index in [1.54, 1.807) is 12.1 Å². The van der Waals surface area contributed by atoms with E-state index in [4.69, 9.17) is 9.47 Å². The van der Waals surface area contributed by atoms with Gasteiger partial charge in [0.05, 0.1) is 48.0 Å². The SMILES string of the molecule is CCC1CC(=O)N(Cc2ccc([N+](=O)[O-])cc2[N+](=O)[O-])N=C1c1ccc(OC)c(OC)c1. The molecule has 0 fully saturated rings. The van der Waals surface area contributed by atoms with Crippen LogP contribution >= 0.6 is 0 Å². The van der Waals surface area contributed by atoms with Crippen molar-refractivity contribution >= 4 is 23.0 Å². The van der Waals surface area contributed by atoms with Crippen molar-refractivity contribution in [3.05, 3.63) is 67.8 Å². The van der Waals surface area contributed by atoms with Crippen LogP contribution in [0.2, 0.25) is 0 Å². The molecule has 0 saturated heterocycles. The highest BCUT2D eigenvalue weighted by Crippen LogP contribution is 2.32. The Balaban J connectivity index is 2.01. The molecule has 1 unspecified atom stereocenters. The number of benzene rings is 2. The fourth-order valence-electron chi connectivity index (χ4n) is 3.56. The lowest BCUT2D eigenvalue weighted by Gasteiger charge is -2.29. The van der Waals surface area contributed by atoms with Gasteiger partial charge in [0.2, 0.25) is 5.91 Å². The summed E-state index contributed by atoms with van der Waals surface area (Å²) >= 11 is 0. The summed E-state index contributed by atoms with van der Waals surface area (Å²) in [6, 6.07) is 8.66. The number of amides is 1. The Bertz CT molecular complexity index is 1100. The summed E-state index contributed by atoms with van der Waals surface area (Å²) in [6.07, 6.45) is 0.856. The van der Waals surface area contributed by atoms with Crippen molar-refractivity contribution in [3.63, 3.8) is 0 Å². The molecule has 32 heavy (non-hydrogen) atoms. The van der Waals surface area contributed by atoms with Crippen molar-refractivity contribution < 1.29 is 24.1 Å². The summed E-state index contributed by atoms with van der Waals surface area (Å²) in [5.74, 6) is 0.643. The Morgan fingerprint density at radius 3 is 2.38 bits per heavy atom. The number of nitro groups is 2. The second-order valence-electron chi connectivity index (χ2n) is 7.14. The molecule has 168 valence electrons. The minimum atomic E-state index is -0.706. The van der Waals surface area contributed by atoms with Crippen LogP contribution in [-0.4, -0.2) is 40.7 Å². The average molecular weight is 442 g/mol. The van der Waals surface area contributed by atoms with Gasteiger partial charge in [0, 0.05) is 24.0 Å². The number of hydrazone groups is 1. The molecule has 1 heterocycles. The van der Waals surface area contributed by atoms with Crippen molar-refractivity contribution in [3.8, 4) is 11.5 Å². The Morgan fingerprint density at radius 1 is 1.06 bits per heavy atom. The second kappa shape index (κ2) is 9.41. The standard InChI is InChI=1S/C21H22N4O7/c1-4-13-10-20(26)23(12-15-5-7-16(24(27)28)11-17(15)25(29)30)22-21(13)14-6-8-18(31-2)19(9-14)32-3/h5-9,11,13H,4,10,12H2,1-3H3. The summed E-state index contributed by atoms with van der Waals surface area (Å²) in [4.78, 5) is 33.7.